The first-order valence-corrected chi connectivity index (χ1v) is 26.3. The molecular weight excluding hydrogens is 996 g/mol. The van der Waals surface area contributed by atoms with Gasteiger partial charge in [0.2, 0.25) is 17.7 Å². The number of imide groups is 2. The molecule has 6 aromatic rings. The summed E-state index contributed by atoms with van der Waals surface area (Å²) in [4.78, 5) is 75.1. The lowest BCUT2D eigenvalue weighted by molar-refractivity contribution is -0.146. The highest BCUT2D eigenvalue weighted by atomic mass is 32.2. The van der Waals surface area contributed by atoms with Crippen molar-refractivity contribution in [3.63, 3.8) is 0 Å². The number of pyridine rings is 1. The predicted molar refractivity (Wildman–Crippen MR) is 268 cm³/mol. The summed E-state index contributed by atoms with van der Waals surface area (Å²) in [5, 5.41) is 12.3. The fourth-order valence-electron chi connectivity index (χ4n) is 11.6. The number of aryl methyl sites for hydroxylation is 1. The number of sulfonamides is 1. The molecule has 4 aliphatic heterocycles. The maximum absolute atomic E-state index is 13.9. The van der Waals surface area contributed by atoms with E-state index in [1.54, 1.807) is 43.2 Å². The van der Waals surface area contributed by atoms with E-state index in [-0.39, 0.29) is 64.5 Å². The van der Waals surface area contributed by atoms with Crippen molar-refractivity contribution in [1.29, 1.82) is 0 Å². The minimum absolute atomic E-state index is 0.0161. The second-order valence-electron chi connectivity index (χ2n) is 20.2. The molecule has 4 N–H and O–H groups in total. The normalized spacial score (nSPS) is 19.7. The van der Waals surface area contributed by atoms with Crippen LogP contribution >= 0.6 is 0 Å². The summed E-state index contributed by atoms with van der Waals surface area (Å²) in [6.07, 6.45) is 9.31. The van der Waals surface area contributed by atoms with Gasteiger partial charge in [0.1, 0.15) is 35.2 Å². The SMILES string of the molecule is C[C@H](Oc1cc(-c2nn(C)c3c(-c4cnn(C5CCN(C(=O)C6CC7(CCN(c8cccc9c8C(=O)N(C8CCC(=O)NC8=O)C9=O)CC7)C6)CC5)c4)cnc(N)c23)ccc1NS(=O)(=O)C(F)F)c1ccc(F)cc1. The van der Waals surface area contributed by atoms with Crippen LogP contribution in [-0.2, 0) is 31.5 Å². The molecule has 11 rings (SSSR count). The zero-order chi connectivity index (χ0) is 52.7. The number of piperidine rings is 3. The molecule has 1 unspecified atom stereocenters. The van der Waals surface area contributed by atoms with Crippen LogP contribution in [-0.4, -0.2) is 110 Å². The summed E-state index contributed by atoms with van der Waals surface area (Å²) in [7, 11) is -3.34. The summed E-state index contributed by atoms with van der Waals surface area (Å²) in [5.74, 6) is -6.16. The van der Waals surface area contributed by atoms with E-state index in [2.05, 4.69) is 15.2 Å². The van der Waals surface area contributed by atoms with E-state index < -0.39 is 57.4 Å². The van der Waals surface area contributed by atoms with Gasteiger partial charge in [0, 0.05) is 74.6 Å². The first kappa shape index (κ1) is 49.4. The summed E-state index contributed by atoms with van der Waals surface area (Å²) < 4.78 is 76.9. The molecule has 19 nitrogen and oxygen atoms in total. The van der Waals surface area contributed by atoms with Crippen molar-refractivity contribution < 1.29 is 50.3 Å². The number of benzene rings is 3. The van der Waals surface area contributed by atoms with Gasteiger partial charge in [-0.1, -0.05) is 24.3 Å². The Morgan fingerprint density at radius 2 is 1.65 bits per heavy atom. The average molecular weight is 1050 g/mol. The van der Waals surface area contributed by atoms with Gasteiger partial charge in [-0.25, -0.2) is 17.8 Å². The molecule has 1 spiro atoms. The lowest BCUT2D eigenvalue weighted by atomic mass is 9.57. The quantitative estimate of drug-likeness (QED) is 0.110. The average Bonchev–Trinajstić information content (AvgIpc) is 4.10. The van der Waals surface area contributed by atoms with Crippen LogP contribution in [0.4, 0.5) is 30.4 Å². The van der Waals surface area contributed by atoms with Crippen LogP contribution in [0.25, 0.3) is 33.3 Å². The predicted octanol–water partition coefficient (Wildman–Crippen LogP) is 6.59. The summed E-state index contributed by atoms with van der Waals surface area (Å²) in [5.41, 5.74) is 10.9. The van der Waals surface area contributed by atoms with Crippen LogP contribution in [0, 0.1) is 17.2 Å². The largest absolute Gasteiger partial charge is 0.484 e. The number of anilines is 3. The van der Waals surface area contributed by atoms with Crippen LogP contribution in [0.15, 0.2) is 79.3 Å². The Bertz CT molecular complexity index is 3430. The maximum Gasteiger partial charge on any atom is 0.355 e. The number of amides is 5. The fourth-order valence-corrected chi connectivity index (χ4v) is 12.2. The minimum Gasteiger partial charge on any atom is -0.484 e. The lowest BCUT2D eigenvalue weighted by Gasteiger charge is -2.53. The number of fused-ring (bicyclic) bond motifs is 2. The number of hydrogen-bond acceptors (Lipinski definition) is 13. The van der Waals surface area contributed by atoms with Gasteiger partial charge in [-0.05, 0) is 99.2 Å². The van der Waals surface area contributed by atoms with E-state index in [1.165, 1.54) is 42.5 Å². The highest BCUT2D eigenvalue weighted by Gasteiger charge is 2.51. The molecule has 1 saturated carbocycles. The van der Waals surface area contributed by atoms with E-state index in [4.69, 9.17) is 20.7 Å². The van der Waals surface area contributed by atoms with Gasteiger partial charge < -0.3 is 20.3 Å². The monoisotopic (exact) mass is 1050 g/mol. The molecule has 5 amide bonds. The van der Waals surface area contributed by atoms with Gasteiger partial charge in [0.25, 0.3) is 21.8 Å². The number of nitrogen functional groups attached to an aromatic ring is 1. The van der Waals surface area contributed by atoms with Crippen LogP contribution < -0.4 is 25.4 Å². The van der Waals surface area contributed by atoms with Crippen LogP contribution in [0.3, 0.4) is 0 Å². The topological polar surface area (TPSA) is 237 Å². The molecule has 3 aromatic carbocycles. The highest BCUT2D eigenvalue weighted by molar-refractivity contribution is 7.93. The number of rotatable bonds is 12. The van der Waals surface area contributed by atoms with Crippen molar-refractivity contribution in [2.24, 2.45) is 18.4 Å². The van der Waals surface area contributed by atoms with Gasteiger partial charge in [-0.15, -0.1) is 0 Å². The number of carbonyl (C=O) groups excluding carboxylic acids is 5. The van der Waals surface area contributed by atoms with Crippen LogP contribution in [0.1, 0.15) is 96.7 Å². The fraction of sp³-hybridized carbons (Fsp3) is 0.385. The number of nitrogens with one attached hydrogen (secondary N) is 2. The second kappa shape index (κ2) is 18.8. The molecular formula is C52H52F3N11O8S. The summed E-state index contributed by atoms with van der Waals surface area (Å²) in [6.45, 7) is 4.11. The molecule has 75 heavy (non-hydrogen) atoms. The molecule has 3 aromatic heterocycles. The third-order valence-corrected chi connectivity index (χ3v) is 16.6. The van der Waals surface area contributed by atoms with Crippen molar-refractivity contribution >= 4 is 67.7 Å². The standard InChI is InChI=1S/C52H52F3N11O8S/c1-28(29-6-9-33(53)10-7-29)74-40-22-30(8-11-37(40)61-75(72,73)51(54)55)44-43-45(62(2)60-44)36(26-57-46(43)56)32-25-58-65(27-32)34-14-18-64(19-15-34)48(69)31-23-52(24-31)16-20-63(21-17-52)38-5-3-4-35-42(38)50(71)66(49(35)70)39-12-13-41(67)59-47(39)68/h3-11,22,25-28,31,34,39,51,61H,12-21,23-24H2,1-2H3,(H2,56,57)(H,59,67,68)/t28-,39?/m0/s1. The number of nitrogens with two attached hydrogens (primary N) is 1. The van der Waals surface area contributed by atoms with E-state index in [1.807, 2.05) is 26.6 Å². The number of likely N-dealkylation sites (tertiary alicyclic amines) is 1. The molecule has 7 heterocycles. The van der Waals surface area contributed by atoms with Crippen molar-refractivity contribution in [3.05, 3.63) is 102 Å². The first-order valence-electron chi connectivity index (χ1n) is 24.8. The molecule has 2 atom stereocenters. The summed E-state index contributed by atoms with van der Waals surface area (Å²) >= 11 is 0. The summed E-state index contributed by atoms with van der Waals surface area (Å²) in [6, 6.07) is 13.9. The minimum atomic E-state index is -5.08. The van der Waals surface area contributed by atoms with Gasteiger partial charge in [-0.3, -0.25) is 48.3 Å². The first-order chi connectivity index (χ1) is 35.9. The Morgan fingerprint density at radius 3 is 2.36 bits per heavy atom. The molecule has 23 heteroatoms. The molecule has 390 valence electrons. The number of hydrogen-bond donors (Lipinski definition) is 3. The second-order valence-corrected chi connectivity index (χ2v) is 21.8. The molecule has 4 fully saturated rings. The highest BCUT2D eigenvalue weighted by Crippen LogP contribution is 2.54. The maximum atomic E-state index is 13.9. The Morgan fingerprint density at radius 1 is 0.920 bits per heavy atom. The Balaban J connectivity index is 0.732. The molecule has 1 aliphatic carbocycles. The van der Waals surface area contributed by atoms with Gasteiger partial charge >= 0.3 is 5.76 Å². The molecule has 0 bridgehead atoms. The van der Waals surface area contributed by atoms with Crippen molar-refractivity contribution in [2.45, 2.75) is 82.2 Å². The third kappa shape index (κ3) is 8.88. The Kier molecular flexibility index (Phi) is 12.4. The molecule has 5 aliphatic rings. The Labute approximate surface area is 428 Å². The number of alkyl halides is 2. The van der Waals surface area contributed by atoms with E-state index in [0.717, 1.165) is 36.1 Å². The number of halogens is 3. The zero-order valence-corrected chi connectivity index (χ0v) is 41.7. The number of aromatic nitrogens is 5. The molecule has 0 radical (unpaired) electrons. The van der Waals surface area contributed by atoms with Gasteiger partial charge in [0.15, 0.2) is 0 Å². The number of ether oxygens (including phenoxy) is 1. The molecule has 3 saturated heterocycles. The zero-order valence-electron chi connectivity index (χ0n) is 40.8. The van der Waals surface area contributed by atoms with Gasteiger partial charge in [0.05, 0.1) is 45.6 Å². The number of carbonyl (C=O) groups is 5. The van der Waals surface area contributed by atoms with E-state index in [9.17, 15) is 45.6 Å². The van der Waals surface area contributed by atoms with Crippen LogP contribution in [0.2, 0.25) is 0 Å². The van der Waals surface area contributed by atoms with Crippen LogP contribution in [0.5, 0.6) is 5.75 Å². The Hall–Kier alpha value is -7.82. The van der Waals surface area contributed by atoms with Crippen molar-refractivity contribution in [1.82, 2.24) is 39.7 Å². The number of nitrogens with zero attached hydrogens (tertiary/aromatic N) is 8. The lowest BCUT2D eigenvalue weighted by Crippen LogP contribution is -2.54. The van der Waals surface area contributed by atoms with Crippen molar-refractivity contribution in [2.75, 3.05) is 41.5 Å². The van der Waals surface area contributed by atoms with E-state index >= 15 is 0 Å². The van der Waals surface area contributed by atoms with Gasteiger partial charge in [-0.2, -0.15) is 19.0 Å². The van der Waals surface area contributed by atoms with Crippen molar-refractivity contribution in [3.8, 4) is 28.1 Å². The van der Waals surface area contributed by atoms with E-state index in [0.29, 0.717) is 78.0 Å². The smallest absolute Gasteiger partial charge is 0.355 e. The third-order valence-electron chi connectivity index (χ3n) is 15.7.